The zero-order valence-electron chi connectivity index (χ0n) is 19.4. The molecule has 8 nitrogen and oxygen atoms in total. The third-order valence-corrected chi connectivity index (χ3v) is 5.06. The number of esters is 2. The summed E-state index contributed by atoms with van der Waals surface area (Å²) in [7, 11) is 3.01. The standard InChI is InChI=1S/C27H23NO7/c1-4-33-24-16-17(13-14-23(24)34-26(29)19-10-6-8-12-22(19)32-3)15-20-27(30)35-25(28-20)18-9-5-7-11-21(18)31-2/h5-16H,4H2,1-3H3. The van der Waals surface area contributed by atoms with Gasteiger partial charge >= 0.3 is 11.9 Å². The van der Waals surface area contributed by atoms with Crippen LogP contribution >= 0.6 is 0 Å². The predicted molar refractivity (Wildman–Crippen MR) is 129 cm³/mol. The van der Waals surface area contributed by atoms with Crippen LogP contribution in [0.4, 0.5) is 0 Å². The highest BCUT2D eigenvalue weighted by atomic mass is 16.6. The van der Waals surface area contributed by atoms with Gasteiger partial charge in [-0.3, -0.25) is 0 Å². The van der Waals surface area contributed by atoms with E-state index in [1.807, 2.05) is 13.0 Å². The molecule has 0 saturated carbocycles. The van der Waals surface area contributed by atoms with E-state index in [0.717, 1.165) is 0 Å². The fourth-order valence-corrected chi connectivity index (χ4v) is 3.44. The Bertz CT molecular complexity index is 1330. The van der Waals surface area contributed by atoms with Gasteiger partial charge in [0.15, 0.2) is 17.2 Å². The normalized spacial score (nSPS) is 13.7. The summed E-state index contributed by atoms with van der Waals surface area (Å²) in [5.74, 6) is 0.504. The summed E-state index contributed by atoms with van der Waals surface area (Å²) >= 11 is 0. The van der Waals surface area contributed by atoms with E-state index in [1.165, 1.54) is 14.2 Å². The van der Waals surface area contributed by atoms with E-state index in [1.54, 1.807) is 66.7 Å². The maximum atomic E-state index is 12.7. The SMILES string of the molecule is CCOc1cc(C=C2N=C(c3ccccc3OC)OC2=O)ccc1OC(=O)c1ccccc1OC. The molecule has 0 bridgehead atoms. The van der Waals surface area contributed by atoms with Crippen molar-refractivity contribution in [3.63, 3.8) is 0 Å². The molecule has 1 heterocycles. The van der Waals surface area contributed by atoms with Crippen molar-refractivity contribution in [3.05, 3.63) is 89.1 Å². The Morgan fingerprint density at radius 2 is 1.63 bits per heavy atom. The van der Waals surface area contributed by atoms with Crippen molar-refractivity contribution in [2.24, 2.45) is 4.99 Å². The fraction of sp³-hybridized carbons (Fsp3) is 0.148. The molecule has 3 aromatic carbocycles. The number of nitrogens with zero attached hydrogens (tertiary/aromatic N) is 1. The minimum absolute atomic E-state index is 0.118. The number of rotatable bonds is 8. The van der Waals surface area contributed by atoms with E-state index in [2.05, 4.69) is 4.99 Å². The highest BCUT2D eigenvalue weighted by Gasteiger charge is 2.26. The number of hydrogen-bond acceptors (Lipinski definition) is 8. The van der Waals surface area contributed by atoms with Crippen molar-refractivity contribution in [3.8, 4) is 23.0 Å². The van der Waals surface area contributed by atoms with Crippen LogP contribution in [-0.2, 0) is 9.53 Å². The molecule has 0 N–H and O–H groups in total. The first-order valence-electron chi connectivity index (χ1n) is 10.8. The van der Waals surface area contributed by atoms with Crippen LogP contribution in [0.15, 0.2) is 77.4 Å². The van der Waals surface area contributed by atoms with Crippen molar-refractivity contribution in [1.29, 1.82) is 0 Å². The maximum Gasteiger partial charge on any atom is 0.363 e. The van der Waals surface area contributed by atoms with Gasteiger partial charge in [0.1, 0.15) is 17.1 Å². The minimum Gasteiger partial charge on any atom is -0.496 e. The Morgan fingerprint density at radius 1 is 0.914 bits per heavy atom. The van der Waals surface area contributed by atoms with Crippen LogP contribution in [0.1, 0.15) is 28.4 Å². The molecule has 1 aliphatic rings. The van der Waals surface area contributed by atoms with Gasteiger partial charge in [-0.2, -0.15) is 0 Å². The summed E-state index contributed by atoms with van der Waals surface area (Å²) in [6, 6.07) is 18.8. The summed E-state index contributed by atoms with van der Waals surface area (Å²) in [6.45, 7) is 2.16. The van der Waals surface area contributed by atoms with Crippen LogP contribution < -0.4 is 18.9 Å². The largest absolute Gasteiger partial charge is 0.496 e. The van der Waals surface area contributed by atoms with E-state index in [4.69, 9.17) is 23.7 Å². The van der Waals surface area contributed by atoms with Crippen LogP contribution in [0.2, 0.25) is 0 Å². The molecule has 0 aromatic heterocycles. The van der Waals surface area contributed by atoms with Gasteiger partial charge in [-0.15, -0.1) is 0 Å². The lowest BCUT2D eigenvalue weighted by Gasteiger charge is -2.12. The van der Waals surface area contributed by atoms with Gasteiger partial charge in [-0.1, -0.05) is 30.3 Å². The van der Waals surface area contributed by atoms with Gasteiger partial charge in [0.2, 0.25) is 5.90 Å². The number of ether oxygens (including phenoxy) is 5. The Morgan fingerprint density at radius 3 is 2.37 bits per heavy atom. The summed E-state index contributed by atoms with van der Waals surface area (Å²) in [5, 5.41) is 0. The second-order valence-corrected chi connectivity index (χ2v) is 7.27. The predicted octanol–water partition coefficient (Wildman–Crippen LogP) is 4.67. The maximum absolute atomic E-state index is 12.7. The number of methoxy groups -OCH3 is 2. The molecular formula is C27H23NO7. The molecule has 0 unspecified atom stereocenters. The van der Waals surface area contributed by atoms with Gasteiger partial charge in [0.05, 0.1) is 26.4 Å². The van der Waals surface area contributed by atoms with E-state index in [0.29, 0.717) is 35.0 Å². The smallest absolute Gasteiger partial charge is 0.363 e. The number of carbonyl (C=O) groups excluding carboxylic acids is 2. The lowest BCUT2D eigenvalue weighted by atomic mass is 10.1. The van der Waals surface area contributed by atoms with Crippen molar-refractivity contribution < 1.29 is 33.3 Å². The highest BCUT2D eigenvalue weighted by molar-refractivity contribution is 6.13. The Kier molecular flexibility index (Phi) is 7.11. The van der Waals surface area contributed by atoms with Gasteiger partial charge < -0.3 is 23.7 Å². The van der Waals surface area contributed by atoms with E-state index < -0.39 is 11.9 Å². The monoisotopic (exact) mass is 473 g/mol. The van der Waals surface area contributed by atoms with Crippen LogP contribution in [0.3, 0.4) is 0 Å². The van der Waals surface area contributed by atoms with Gasteiger partial charge in [0, 0.05) is 0 Å². The molecule has 0 spiro atoms. The fourth-order valence-electron chi connectivity index (χ4n) is 3.44. The second-order valence-electron chi connectivity index (χ2n) is 7.27. The third kappa shape index (κ3) is 5.16. The number of benzene rings is 3. The molecule has 0 aliphatic carbocycles. The van der Waals surface area contributed by atoms with Gasteiger partial charge in [-0.05, 0) is 55.0 Å². The van der Waals surface area contributed by atoms with Crippen molar-refractivity contribution >= 4 is 23.9 Å². The molecule has 0 saturated heterocycles. The van der Waals surface area contributed by atoms with Crippen LogP contribution in [0.25, 0.3) is 6.08 Å². The van der Waals surface area contributed by atoms with Gasteiger partial charge in [-0.25, -0.2) is 14.6 Å². The summed E-state index contributed by atoms with van der Waals surface area (Å²) in [6.07, 6.45) is 1.57. The van der Waals surface area contributed by atoms with E-state index >= 15 is 0 Å². The van der Waals surface area contributed by atoms with E-state index in [9.17, 15) is 9.59 Å². The molecular weight excluding hydrogens is 450 g/mol. The number of para-hydroxylation sites is 2. The van der Waals surface area contributed by atoms with Gasteiger partial charge in [0.25, 0.3) is 0 Å². The molecule has 3 aromatic rings. The molecule has 4 rings (SSSR count). The topological polar surface area (TPSA) is 92.6 Å². The Balaban J connectivity index is 1.62. The lowest BCUT2D eigenvalue weighted by molar-refractivity contribution is -0.129. The van der Waals surface area contributed by atoms with Crippen LogP contribution in [0, 0.1) is 0 Å². The molecule has 1 aliphatic heterocycles. The number of aliphatic imine (C=N–C) groups is 1. The second kappa shape index (κ2) is 10.6. The summed E-state index contributed by atoms with van der Waals surface area (Å²) in [5.41, 5.74) is 1.59. The number of carbonyl (C=O) groups is 2. The van der Waals surface area contributed by atoms with Crippen molar-refractivity contribution in [2.75, 3.05) is 20.8 Å². The first-order valence-corrected chi connectivity index (χ1v) is 10.8. The highest BCUT2D eigenvalue weighted by Crippen LogP contribution is 2.32. The minimum atomic E-state index is -0.587. The van der Waals surface area contributed by atoms with Crippen LogP contribution in [0.5, 0.6) is 23.0 Å². The Hall–Kier alpha value is -4.59. The quantitative estimate of drug-likeness (QED) is 0.267. The molecule has 0 radical (unpaired) electrons. The third-order valence-electron chi connectivity index (χ3n) is 5.06. The Labute approximate surface area is 202 Å². The lowest BCUT2D eigenvalue weighted by Crippen LogP contribution is -2.11. The first kappa shape index (κ1) is 23.6. The zero-order chi connectivity index (χ0) is 24.8. The molecule has 0 fully saturated rings. The summed E-state index contributed by atoms with van der Waals surface area (Å²) < 4.78 is 27.2. The molecule has 0 atom stereocenters. The van der Waals surface area contributed by atoms with Crippen molar-refractivity contribution in [1.82, 2.24) is 0 Å². The van der Waals surface area contributed by atoms with Crippen LogP contribution in [-0.4, -0.2) is 38.7 Å². The van der Waals surface area contributed by atoms with Crippen molar-refractivity contribution in [2.45, 2.75) is 6.92 Å². The zero-order valence-corrected chi connectivity index (χ0v) is 19.4. The molecule has 178 valence electrons. The molecule has 0 amide bonds. The molecule has 8 heteroatoms. The van der Waals surface area contributed by atoms with E-state index in [-0.39, 0.29) is 22.9 Å². The number of hydrogen-bond donors (Lipinski definition) is 0. The first-order chi connectivity index (χ1) is 17.0. The summed E-state index contributed by atoms with van der Waals surface area (Å²) in [4.78, 5) is 29.5. The number of cyclic esters (lactones) is 1. The average molecular weight is 473 g/mol. The molecule has 35 heavy (non-hydrogen) atoms. The average Bonchev–Trinajstić information content (AvgIpc) is 3.25.